The van der Waals surface area contributed by atoms with Crippen LogP contribution < -0.4 is 10.2 Å². The molecule has 0 atom stereocenters. The predicted molar refractivity (Wildman–Crippen MR) is 108 cm³/mol. The maximum absolute atomic E-state index is 13.0. The van der Waals surface area contributed by atoms with Gasteiger partial charge in [0.05, 0.1) is 6.54 Å². The minimum absolute atomic E-state index is 0.0723. The molecule has 1 fully saturated rings. The van der Waals surface area contributed by atoms with Crippen molar-refractivity contribution in [3.05, 3.63) is 59.9 Å². The average molecular weight is 384 g/mol. The van der Waals surface area contributed by atoms with Crippen molar-refractivity contribution in [2.75, 3.05) is 57.0 Å². The molecule has 0 bridgehead atoms. The number of benzene rings is 2. The topological polar surface area (TPSA) is 55.9 Å². The Balaban J connectivity index is 1.47. The molecule has 2 amide bonds. The van der Waals surface area contributed by atoms with E-state index < -0.39 is 0 Å². The fourth-order valence-electron chi connectivity index (χ4n) is 3.17. The van der Waals surface area contributed by atoms with Crippen LogP contribution in [0.25, 0.3) is 0 Å². The summed E-state index contributed by atoms with van der Waals surface area (Å²) in [4.78, 5) is 30.0. The minimum Gasteiger partial charge on any atom is -0.369 e. The van der Waals surface area contributed by atoms with Crippen LogP contribution >= 0.6 is 0 Å². The average Bonchev–Trinajstić information content (AvgIpc) is 2.69. The molecule has 1 N–H and O–H groups in total. The molecule has 0 spiro atoms. The molecule has 7 heteroatoms. The van der Waals surface area contributed by atoms with E-state index in [-0.39, 0.29) is 17.6 Å². The van der Waals surface area contributed by atoms with E-state index in [4.69, 9.17) is 0 Å². The summed E-state index contributed by atoms with van der Waals surface area (Å²) in [5, 5.41) is 2.87. The maximum atomic E-state index is 13.0. The molecule has 0 saturated carbocycles. The smallest absolute Gasteiger partial charge is 0.253 e. The van der Waals surface area contributed by atoms with E-state index in [2.05, 4.69) is 15.1 Å². The Morgan fingerprint density at radius 2 is 1.57 bits per heavy atom. The SMILES string of the molecule is CN(C)C(=O)c1ccc(NC(=O)CN2CCN(c3ccc(F)cc3)CC2)cc1. The standard InChI is InChI=1S/C21H25FN4O2/c1-24(2)21(28)16-3-7-18(8-4-16)23-20(27)15-25-11-13-26(14-12-25)19-9-5-17(22)6-10-19/h3-10H,11-15H2,1-2H3,(H,23,27). The van der Waals surface area contributed by atoms with Gasteiger partial charge >= 0.3 is 0 Å². The van der Waals surface area contributed by atoms with Crippen LogP contribution in [-0.2, 0) is 4.79 Å². The van der Waals surface area contributed by atoms with Gasteiger partial charge in [-0.05, 0) is 48.5 Å². The highest BCUT2D eigenvalue weighted by Gasteiger charge is 2.19. The number of hydrogen-bond donors (Lipinski definition) is 1. The Morgan fingerprint density at radius 3 is 2.14 bits per heavy atom. The third kappa shape index (κ3) is 5.07. The van der Waals surface area contributed by atoms with Crippen molar-refractivity contribution in [2.45, 2.75) is 0 Å². The van der Waals surface area contributed by atoms with Crippen molar-refractivity contribution in [3.63, 3.8) is 0 Å². The lowest BCUT2D eigenvalue weighted by atomic mass is 10.2. The molecule has 0 aromatic heterocycles. The Kier molecular flexibility index (Phi) is 6.26. The number of rotatable bonds is 5. The summed E-state index contributed by atoms with van der Waals surface area (Å²) in [5.41, 5.74) is 2.25. The fourth-order valence-corrected chi connectivity index (χ4v) is 3.17. The van der Waals surface area contributed by atoms with Crippen molar-refractivity contribution >= 4 is 23.2 Å². The monoisotopic (exact) mass is 384 g/mol. The summed E-state index contributed by atoms with van der Waals surface area (Å²) in [6.07, 6.45) is 0. The van der Waals surface area contributed by atoms with Crippen LogP contribution in [0.1, 0.15) is 10.4 Å². The molecule has 1 aliphatic heterocycles. The lowest BCUT2D eigenvalue weighted by Crippen LogP contribution is -2.48. The Hall–Kier alpha value is -2.93. The minimum atomic E-state index is -0.238. The first-order chi connectivity index (χ1) is 13.4. The van der Waals surface area contributed by atoms with E-state index in [1.54, 1.807) is 50.5 Å². The summed E-state index contributed by atoms with van der Waals surface area (Å²) in [7, 11) is 3.40. The van der Waals surface area contributed by atoms with Crippen molar-refractivity contribution in [1.82, 2.24) is 9.80 Å². The molecule has 1 aliphatic rings. The molecule has 6 nitrogen and oxygen atoms in total. The number of nitrogens with one attached hydrogen (secondary N) is 1. The van der Waals surface area contributed by atoms with Crippen LogP contribution in [0.2, 0.25) is 0 Å². The van der Waals surface area contributed by atoms with Gasteiger partial charge in [-0.25, -0.2) is 4.39 Å². The van der Waals surface area contributed by atoms with E-state index in [0.717, 1.165) is 31.9 Å². The maximum Gasteiger partial charge on any atom is 0.253 e. The highest BCUT2D eigenvalue weighted by atomic mass is 19.1. The molecule has 148 valence electrons. The molecule has 0 radical (unpaired) electrons. The second kappa shape index (κ2) is 8.84. The summed E-state index contributed by atoms with van der Waals surface area (Å²) in [6, 6.07) is 13.4. The lowest BCUT2D eigenvalue weighted by molar-refractivity contribution is -0.117. The number of nitrogens with zero attached hydrogens (tertiary/aromatic N) is 3. The summed E-state index contributed by atoms with van der Waals surface area (Å²) < 4.78 is 13.0. The van der Waals surface area contributed by atoms with E-state index in [1.807, 2.05) is 0 Å². The van der Waals surface area contributed by atoms with Gasteiger partial charge < -0.3 is 15.1 Å². The zero-order valence-electron chi connectivity index (χ0n) is 16.2. The molecule has 0 aliphatic carbocycles. The zero-order valence-corrected chi connectivity index (χ0v) is 16.2. The molecule has 0 unspecified atom stereocenters. The van der Waals surface area contributed by atoms with E-state index in [9.17, 15) is 14.0 Å². The van der Waals surface area contributed by atoms with Gasteiger partial charge in [-0.15, -0.1) is 0 Å². The summed E-state index contributed by atoms with van der Waals surface area (Å²) in [6.45, 7) is 3.43. The first-order valence-corrected chi connectivity index (χ1v) is 9.27. The van der Waals surface area contributed by atoms with Crippen molar-refractivity contribution < 1.29 is 14.0 Å². The number of carbonyl (C=O) groups excluding carboxylic acids is 2. The van der Waals surface area contributed by atoms with Crippen LogP contribution in [-0.4, -0.2) is 68.4 Å². The normalized spacial score (nSPS) is 14.6. The third-order valence-corrected chi connectivity index (χ3v) is 4.75. The Labute approximate surface area is 164 Å². The fraction of sp³-hybridized carbons (Fsp3) is 0.333. The molecular weight excluding hydrogens is 359 g/mol. The van der Waals surface area contributed by atoms with Crippen LogP contribution in [0.4, 0.5) is 15.8 Å². The highest BCUT2D eigenvalue weighted by molar-refractivity contribution is 5.96. The molecule has 3 rings (SSSR count). The molecular formula is C21H25FN4O2. The van der Waals surface area contributed by atoms with Crippen molar-refractivity contribution in [1.29, 1.82) is 0 Å². The summed E-state index contributed by atoms with van der Waals surface area (Å²) >= 11 is 0. The van der Waals surface area contributed by atoms with Crippen LogP contribution in [0.5, 0.6) is 0 Å². The Bertz CT molecular complexity index is 813. The largest absolute Gasteiger partial charge is 0.369 e. The van der Waals surface area contributed by atoms with Gasteiger partial charge in [0.1, 0.15) is 5.82 Å². The number of piperazine rings is 1. The quantitative estimate of drug-likeness (QED) is 0.860. The van der Waals surface area contributed by atoms with Gasteiger partial charge in [0, 0.05) is 57.2 Å². The number of anilines is 2. The van der Waals surface area contributed by atoms with Gasteiger partial charge in [0.15, 0.2) is 0 Å². The first kappa shape index (κ1) is 19.8. The second-order valence-corrected chi connectivity index (χ2v) is 7.06. The third-order valence-electron chi connectivity index (χ3n) is 4.75. The van der Waals surface area contributed by atoms with Gasteiger partial charge in [-0.2, -0.15) is 0 Å². The van der Waals surface area contributed by atoms with Gasteiger partial charge in [0.2, 0.25) is 5.91 Å². The molecule has 1 saturated heterocycles. The molecule has 1 heterocycles. The molecule has 2 aromatic rings. The van der Waals surface area contributed by atoms with E-state index >= 15 is 0 Å². The van der Waals surface area contributed by atoms with Crippen LogP contribution in [0, 0.1) is 5.82 Å². The van der Waals surface area contributed by atoms with Crippen LogP contribution in [0.3, 0.4) is 0 Å². The van der Waals surface area contributed by atoms with Gasteiger partial charge in [0.25, 0.3) is 5.91 Å². The zero-order chi connectivity index (χ0) is 20.1. The number of amides is 2. The van der Waals surface area contributed by atoms with Crippen LogP contribution in [0.15, 0.2) is 48.5 Å². The van der Waals surface area contributed by atoms with Gasteiger partial charge in [-0.3, -0.25) is 14.5 Å². The summed E-state index contributed by atoms with van der Waals surface area (Å²) in [5.74, 6) is -0.392. The number of halogens is 1. The number of hydrogen-bond acceptors (Lipinski definition) is 4. The van der Waals surface area contributed by atoms with E-state index in [0.29, 0.717) is 17.8 Å². The van der Waals surface area contributed by atoms with Gasteiger partial charge in [-0.1, -0.05) is 0 Å². The Morgan fingerprint density at radius 1 is 0.964 bits per heavy atom. The predicted octanol–water partition coefficient (Wildman–Crippen LogP) is 2.29. The first-order valence-electron chi connectivity index (χ1n) is 9.27. The van der Waals surface area contributed by atoms with Crippen molar-refractivity contribution in [3.8, 4) is 0 Å². The van der Waals surface area contributed by atoms with E-state index in [1.165, 1.54) is 17.0 Å². The van der Waals surface area contributed by atoms with Crippen molar-refractivity contribution in [2.24, 2.45) is 0 Å². The molecule has 28 heavy (non-hydrogen) atoms. The lowest BCUT2D eigenvalue weighted by Gasteiger charge is -2.35. The second-order valence-electron chi connectivity index (χ2n) is 7.06. The highest BCUT2D eigenvalue weighted by Crippen LogP contribution is 2.17. The molecule has 2 aromatic carbocycles. The number of carbonyl (C=O) groups is 2.